The van der Waals surface area contributed by atoms with Gasteiger partial charge in [-0.1, -0.05) is 32.9 Å². The number of rotatable bonds is 3. The molecule has 1 aromatic carbocycles. The number of benzene rings is 1. The summed E-state index contributed by atoms with van der Waals surface area (Å²) in [6, 6.07) is 6.10. The van der Waals surface area contributed by atoms with Crippen molar-refractivity contribution in [2.24, 2.45) is 0 Å². The average molecular weight is 306 g/mol. The van der Waals surface area contributed by atoms with E-state index in [1.54, 1.807) is 0 Å². The number of aryl methyl sites for hydroxylation is 1. The normalized spacial score (nSPS) is 15.2. The highest BCUT2D eigenvalue weighted by molar-refractivity contribution is 8.00. The van der Waals surface area contributed by atoms with Gasteiger partial charge in [0.15, 0.2) is 0 Å². The summed E-state index contributed by atoms with van der Waals surface area (Å²) in [5, 5.41) is 2.65. The van der Waals surface area contributed by atoms with E-state index in [2.05, 4.69) is 44.3 Å². The van der Waals surface area contributed by atoms with E-state index < -0.39 is 0 Å². The lowest BCUT2D eigenvalue weighted by Crippen LogP contribution is -2.35. The molecule has 21 heavy (non-hydrogen) atoms. The molecule has 2 rings (SSSR count). The van der Waals surface area contributed by atoms with Gasteiger partial charge in [-0.05, 0) is 29.5 Å². The number of thioether (sulfide) groups is 1. The summed E-state index contributed by atoms with van der Waals surface area (Å²) in [6.07, 6.45) is 0. The van der Waals surface area contributed by atoms with Crippen molar-refractivity contribution >= 4 is 23.7 Å². The zero-order chi connectivity index (χ0) is 15.6. The molecule has 4 nitrogen and oxygen atoms in total. The molecule has 3 amide bonds. The van der Waals surface area contributed by atoms with Gasteiger partial charge in [-0.15, -0.1) is 11.8 Å². The fraction of sp³-hybridized carbons (Fsp3) is 0.500. The quantitative estimate of drug-likeness (QED) is 0.874. The largest absolute Gasteiger partial charge is 0.336 e. The van der Waals surface area contributed by atoms with Gasteiger partial charge in [-0.25, -0.2) is 4.79 Å². The lowest BCUT2D eigenvalue weighted by molar-refractivity contribution is -0.124. The smallest absolute Gasteiger partial charge is 0.324 e. The number of hydrogen-bond acceptors (Lipinski definition) is 3. The molecular formula is C16H22N2O2S. The highest BCUT2D eigenvalue weighted by atomic mass is 32.2. The van der Waals surface area contributed by atoms with E-state index in [9.17, 15) is 9.59 Å². The third-order valence-electron chi connectivity index (χ3n) is 3.56. The van der Waals surface area contributed by atoms with E-state index in [1.807, 2.05) is 6.92 Å². The van der Waals surface area contributed by atoms with Crippen LogP contribution >= 0.6 is 11.8 Å². The van der Waals surface area contributed by atoms with E-state index in [4.69, 9.17) is 0 Å². The van der Waals surface area contributed by atoms with Crippen molar-refractivity contribution in [3.63, 3.8) is 0 Å². The highest BCUT2D eigenvalue weighted by Gasteiger charge is 2.26. The van der Waals surface area contributed by atoms with E-state index in [0.29, 0.717) is 18.8 Å². The van der Waals surface area contributed by atoms with Crippen molar-refractivity contribution < 1.29 is 9.59 Å². The van der Waals surface area contributed by atoms with Crippen molar-refractivity contribution in [2.45, 2.75) is 38.0 Å². The molecule has 1 aliphatic heterocycles. The number of hydrogen-bond donors (Lipinski definition) is 1. The Bertz CT molecular complexity index is 564. The second-order valence-electron chi connectivity index (χ2n) is 6.30. The minimum Gasteiger partial charge on any atom is -0.336 e. The van der Waals surface area contributed by atoms with Crippen LogP contribution in [-0.2, 0) is 10.2 Å². The molecule has 1 heterocycles. The molecule has 0 atom stereocenters. The maximum Gasteiger partial charge on any atom is 0.324 e. The second-order valence-corrected chi connectivity index (χ2v) is 7.31. The molecule has 1 fully saturated rings. The Kier molecular flexibility index (Phi) is 4.61. The first-order valence-electron chi connectivity index (χ1n) is 7.11. The van der Waals surface area contributed by atoms with Crippen LogP contribution in [-0.4, -0.2) is 35.7 Å². The molecule has 1 aromatic rings. The molecule has 0 aromatic heterocycles. The first kappa shape index (κ1) is 15.9. The summed E-state index contributed by atoms with van der Waals surface area (Å²) in [5.41, 5.74) is 2.50. The van der Waals surface area contributed by atoms with Crippen molar-refractivity contribution in [1.29, 1.82) is 0 Å². The predicted molar refractivity (Wildman–Crippen MR) is 85.7 cm³/mol. The van der Waals surface area contributed by atoms with Gasteiger partial charge in [0.25, 0.3) is 0 Å². The number of amides is 3. The van der Waals surface area contributed by atoms with Gasteiger partial charge in [0, 0.05) is 18.0 Å². The average Bonchev–Trinajstić information content (AvgIpc) is 2.82. The van der Waals surface area contributed by atoms with Gasteiger partial charge in [0.2, 0.25) is 5.91 Å². The van der Waals surface area contributed by atoms with Crippen molar-refractivity contribution in [3.8, 4) is 0 Å². The summed E-state index contributed by atoms with van der Waals surface area (Å²) < 4.78 is 0. The van der Waals surface area contributed by atoms with E-state index >= 15 is 0 Å². The Morgan fingerprint density at radius 1 is 1.38 bits per heavy atom. The Labute approximate surface area is 130 Å². The topological polar surface area (TPSA) is 49.4 Å². The molecule has 0 aliphatic carbocycles. The standard InChI is InChI=1S/C16H22N2O2S/c1-11-5-6-12(16(2,3)4)9-13(11)21-10-14(19)18-8-7-17-15(18)20/h5-6,9H,7-8,10H2,1-4H3,(H,17,20). The Hall–Kier alpha value is -1.49. The lowest BCUT2D eigenvalue weighted by Gasteiger charge is -2.20. The van der Waals surface area contributed by atoms with Gasteiger partial charge in [-0.2, -0.15) is 0 Å². The van der Waals surface area contributed by atoms with Crippen LogP contribution in [0.2, 0.25) is 0 Å². The SMILES string of the molecule is Cc1ccc(C(C)(C)C)cc1SCC(=O)N1CCNC1=O. The summed E-state index contributed by atoms with van der Waals surface area (Å²) in [4.78, 5) is 25.9. The predicted octanol–water partition coefficient (Wildman–Crippen LogP) is 2.94. The zero-order valence-corrected chi connectivity index (χ0v) is 13.8. The van der Waals surface area contributed by atoms with E-state index in [1.165, 1.54) is 22.2 Å². The van der Waals surface area contributed by atoms with Gasteiger partial charge in [0.05, 0.1) is 5.75 Å². The fourth-order valence-electron chi connectivity index (χ4n) is 2.15. The number of nitrogens with zero attached hydrogens (tertiary/aromatic N) is 1. The van der Waals surface area contributed by atoms with Crippen molar-refractivity contribution in [1.82, 2.24) is 10.2 Å². The van der Waals surface area contributed by atoms with E-state index in [0.717, 1.165) is 10.5 Å². The summed E-state index contributed by atoms with van der Waals surface area (Å²) in [5.74, 6) is 0.164. The van der Waals surface area contributed by atoms with Crippen LogP contribution in [0.3, 0.4) is 0 Å². The van der Waals surface area contributed by atoms with Crippen LogP contribution in [0.25, 0.3) is 0 Å². The molecule has 0 unspecified atom stereocenters. The minimum absolute atomic E-state index is 0.0852. The first-order chi connectivity index (χ1) is 9.79. The van der Waals surface area contributed by atoms with Crippen molar-refractivity contribution in [2.75, 3.05) is 18.8 Å². The van der Waals surface area contributed by atoms with Gasteiger partial charge < -0.3 is 5.32 Å². The second kappa shape index (κ2) is 6.10. The van der Waals surface area contributed by atoms with Crippen LogP contribution in [0.15, 0.2) is 23.1 Å². The van der Waals surface area contributed by atoms with Crippen LogP contribution in [0.1, 0.15) is 31.9 Å². The molecule has 0 radical (unpaired) electrons. The maximum atomic E-state index is 12.1. The molecule has 0 bridgehead atoms. The van der Waals surface area contributed by atoms with Crippen LogP contribution in [0.4, 0.5) is 4.79 Å². The van der Waals surface area contributed by atoms with Gasteiger partial charge >= 0.3 is 6.03 Å². The van der Waals surface area contributed by atoms with Gasteiger partial charge in [-0.3, -0.25) is 9.69 Å². The molecule has 1 aliphatic rings. The lowest BCUT2D eigenvalue weighted by atomic mass is 9.87. The number of carbonyl (C=O) groups excluding carboxylic acids is 2. The summed E-state index contributed by atoms with van der Waals surface area (Å²) >= 11 is 1.50. The molecule has 114 valence electrons. The Balaban J connectivity index is 2.06. The monoisotopic (exact) mass is 306 g/mol. The molecule has 1 saturated heterocycles. The number of urea groups is 1. The Morgan fingerprint density at radius 3 is 2.67 bits per heavy atom. The summed E-state index contributed by atoms with van der Waals surface area (Å²) in [7, 11) is 0. The number of carbonyl (C=O) groups is 2. The highest BCUT2D eigenvalue weighted by Crippen LogP contribution is 2.29. The summed E-state index contributed by atoms with van der Waals surface area (Å²) in [6.45, 7) is 9.58. The third kappa shape index (κ3) is 3.79. The Morgan fingerprint density at radius 2 is 2.10 bits per heavy atom. The molecule has 1 N–H and O–H groups in total. The zero-order valence-electron chi connectivity index (χ0n) is 13.0. The number of nitrogens with one attached hydrogen (secondary N) is 1. The number of imide groups is 1. The van der Waals surface area contributed by atoms with E-state index in [-0.39, 0.29) is 17.4 Å². The molecule has 5 heteroatoms. The maximum absolute atomic E-state index is 12.1. The van der Waals surface area contributed by atoms with Crippen LogP contribution in [0, 0.1) is 6.92 Å². The fourth-order valence-corrected chi connectivity index (χ4v) is 3.09. The molecule has 0 spiro atoms. The minimum atomic E-state index is -0.277. The molecular weight excluding hydrogens is 284 g/mol. The van der Waals surface area contributed by atoms with Crippen LogP contribution in [0.5, 0.6) is 0 Å². The van der Waals surface area contributed by atoms with Crippen molar-refractivity contribution in [3.05, 3.63) is 29.3 Å². The van der Waals surface area contributed by atoms with Crippen LogP contribution < -0.4 is 5.32 Å². The third-order valence-corrected chi connectivity index (χ3v) is 4.71. The molecule has 0 saturated carbocycles. The first-order valence-corrected chi connectivity index (χ1v) is 8.10. The van der Waals surface area contributed by atoms with Gasteiger partial charge in [0.1, 0.15) is 0 Å².